The maximum atomic E-state index is 13.1. The van der Waals surface area contributed by atoms with Crippen LogP contribution in [0.1, 0.15) is 49.9 Å². The predicted octanol–water partition coefficient (Wildman–Crippen LogP) is 2.52. The number of hydrogen-bond acceptors (Lipinski definition) is 5. The maximum Gasteiger partial charge on any atom is 0.339 e. The topological polar surface area (TPSA) is 84.0 Å². The lowest BCUT2D eigenvalue weighted by Crippen LogP contribution is -2.45. The third kappa shape index (κ3) is 4.33. The van der Waals surface area contributed by atoms with Gasteiger partial charge in [0, 0.05) is 31.6 Å². The average Bonchev–Trinajstić information content (AvgIpc) is 3.13. The summed E-state index contributed by atoms with van der Waals surface area (Å²) in [4.78, 5) is 27.0. The van der Waals surface area contributed by atoms with E-state index in [9.17, 15) is 18.0 Å². The number of nitrogens with zero attached hydrogens (tertiary/aromatic N) is 2. The lowest BCUT2D eigenvalue weighted by molar-refractivity contribution is -0.137. The Hall–Kier alpha value is -1.93. The van der Waals surface area contributed by atoms with Gasteiger partial charge in [-0.15, -0.1) is 0 Å². The van der Waals surface area contributed by atoms with Gasteiger partial charge in [-0.2, -0.15) is 4.31 Å². The van der Waals surface area contributed by atoms with Crippen LogP contribution >= 0.6 is 0 Å². The zero-order chi connectivity index (χ0) is 21.2. The fourth-order valence-corrected chi connectivity index (χ4v) is 6.14. The highest BCUT2D eigenvalue weighted by Gasteiger charge is 2.39. The molecule has 0 unspecified atom stereocenters. The van der Waals surface area contributed by atoms with Gasteiger partial charge in [-0.05, 0) is 43.7 Å². The number of piperidine rings is 1. The van der Waals surface area contributed by atoms with Crippen LogP contribution in [0.4, 0.5) is 0 Å². The zero-order valence-corrected chi connectivity index (χ0v) is 18.2. The number of likely N-dealkylation sites (tertiary alicyclic amines) is 1. The summed E-state index contributed by atoms with van der Waals surface area (Å²) in [5.74, 6) is -0.146. The van der Waals surface area contributed by atoms with Crippen molar-refractivity contribution in [1.82, 2.24) is 9.21 Å². The van der Waals surface area contributed by atoms with E-state index < -0.39 is 16.0 Å². The molecule has 0 aliphatic carbocycles. The molecule has 0 radical (unpaired) electrons. The van der Waals surface area contributed by atoms with E-state index in [4.69, 9.17) is 4.74 Å². The molecule has 160 valence electrons. The number of hydrogen-bond donors (Lipinski definition) is 0. The Balaban J connectivity index is 1.71. The normalized spacial score (nSPS) is 23.9. The van der Waals surface area contributed by atoms with Gasteiger partial charge in [-0.3, -0.25) is 4.79 Å². The molecule has 2 fully saturated rings. The summed E-state index contributed by atoms with van der Waals surface area (Å²) < 4.78 is 32.4. The van der Waals surface area contributed by atoms with Crippen molar-refractivity contribution in [2.45, 2.75) is 50.5 Å². The molecular weight excluding hydrogens is 392 g/mol. The monoisotopic (exact) mass is 422 g/mol. The number of esters is 1. The summed E-state index contributed by atoms with van der Waals surface area (Å²) in [5.41, 5.74) is 0.0324. The highest BCUT2D eigenvalue weighted by Crippen LogP contribution is 2.31. The third-order valence-electron chi connectivity index (χ3n) is 6.09. The van der Waals surface area contributed by atoms with E-state index in [0.717, 1.165) is 19.4 Å². The van der Waals surface area contributed by atoms with E-state index in [1.165, 1.54) is 23.5 Å². The smallest absolute Gasteiger partial charge is 0.339 e. The van der Waals surface area contributed by atoms with Crippen molar-refractivity contribution in [3.05, 3.63) is 29.8 Å². The summed E-state index contributed by atoms with van der Waals surface area (Å²) in [6.45, 7) is 5.62. The van der Waals surface area contributed by atoms with Crippen LogP contribution in [0.15, 0.2) is 29.2 Å². The van der Waals surface area contributed by atoms with Gasteiger partial charge in [-0.1, -0.05) is 26.0 Å². The lowest BCUT2D eigenvalue weighted by atomic mass is 9.96. The first-order valence-electron chi connectivity index (χ1n) is 10.3. The molecule has 1 amide bonds. The van der Waals surface area contributed by atoms with Crippen LogP contribution in [0.3, 0.4) is 0 Å². The summed E-state index contributed by atoms with van der Waals surface area (Å²) >= 11 is 0. The van der Waals surface area contributed by atoms with E-state index in [1.54, 1.807) is 12.1 Å². The van der Waals surface area contributed by atoms with Crippen molar-refractivity contribution >= 4 is 21.9 Å². The Morgan fingerprint density at radius 1 is 1.17 bits per heavy atom. The van der Waals surface area contributed by atoms with Gasteiger partial charge in [0.2, 0.25) is 15.9 Å². The minimum Gasteiger partial charge on any atom is -0.465 e. The summed E-state index contributed by atoms with van der Waals surface area (Å²) in [7, 11) is -2.60. The van der Waals surface area contributed by atoms with Crippen molar-refractivity contribution in [1.29, 1.82) is 0 Å². The predicted molar refractivity (Wildman–Crippen MR) is 109 cm³/mol. The lowest BCUT2D eigenvalue weighted by Gasteiger charge is -2.34. The molecule has 0 saturated carbocycles. The van der Waals surface area contributed by atoms with Crippen LogP contribution in [-0.4, -0.2) is 62.3 Å². The molecule has 3 rings (SSSR count). The van der Waals surface area contributed by atoms with Crippen LogP contribution in [0.25, 0.3) is 0 Å². The van der Waals surface area contributed by atoms with Crippen molar-refractivity contribution < 1.29 is 22.7 Å². The maximum absolute atomic E-state index is 13.1. The Morgan fingerprint density at radius 2 is 1.83 bits per heavy atom. The molecule has 0 N–H and O–H groups in total. The molecular formula is C21H30N2O5S. The minimum absolute atomic E-state index is 0.0324. The third-order valence-corrected chi connectivity index (χ3v) is 8.05. The number of methoxy groups -OCH3 is 1. The molecule has 0 bridgehead atoms. The van der Waals surface area contributed by atoms with Crippen LogP contribution in [-0.2, 0) is 19.6 Å². The Morgan fingerprint density at radius 3 is 2.45 bits per heavy atom. The van der Waals surface area contributed by atoms with Gasteiger partial charge in [-0.25, -0.2) is 13.2 Å². The minimum atomic E-state index is -3.83. The van der Waals surface area contributed by atoms with E-state index >= 15 is 0 Å². The molecule has 8 heteroatoms. The zero-order valence-electron chi connectivity index (χ0n) is 17.3. The SMILES string of the molecule is CC[C@@H]1C[C@@H](C)CN1C(=O)C1CCN(S(=O)(=O)c2ccccc2C(=O)OC)CC1. The molecule has 29 heavy (non-hydrogen) atoms. The molecule has 0 aromatic heterocycles. The number of benzene rings is 1. The van der Waals surface area contributed by atoms with E-state index in [2.05, 4.69) is 13.8 Å². The number of carbonyl (C=O) groups excluding carboxylic acids is 2. The van der Waals surface area contributed by atoms with Crippen molar-refractivity contribution in [2.24, 2.45) is 11.8 Å². The van der Waals surface area contributed by atoms with Gasteiger partial charge < -0.3 is 9.64 Å². The van der Waals surface area contributed by atoms with E-state index in [1.807, 2.05) is 4.90 Å². The molecule has 0 spiro atoms. The fraction of sp³-hybridized carbons (Fsp3) is 0.619. The number of ether oxygens (including phenoxy) is 1. The Labute approximate surface area is 173 Å². The summed E-state index contributed by atoms with van der Waals surface area (Å²) in [6.07, 6.45) is 2.99. The second-order valence-electron chi connectivity index (χ2n) is 8.06. The second-order valence-corrected chi connectivity index (χ2v) is 9.97. The first-order valence-corrected chi connectivity index (χ1v) is 11.7. The van der Waals surface area contributed by atoms with Gasteiger partial charge in [0.05, 0.1) is 17.6 Å². The van der Waals surface area contributed by atoms with Gasteiger partial charge in [0.25, 0.3) is 0 Å². The van der Waals surface area contributed by atoms with E-state index in [-0.39, 0.29) is 35.4 Å². The van der Waals surface area contributed by atoms with Gasteiger partial charge >= 0.3 is 5.97 Å². The van der Waals surface area contributed by atoms with Crippen molar-refractivity contribution in [2.75, 3.05) is 26.7 Å². The first kappa shape index (κ1) is 21.8. The molecule has 2 atom stereocenters. The van der Waals surface area contributed by atoms with Crippen molar-refractivity contribution in [3.8, 4) is 0 Å². The van der Waals surface area contributed by atoms with Crippen LogP contribution in [0, 0.1) is 11.8 Å². The fourth-order valence-electron chi connectivity index (χ4n) is 4.49. The summed E-state index contributed by atoms with van der Waals surface area (Å²) in [6, 6.07) is 6.38. The molecule has 2 saturated heterocycles. The molecule has 1 aromatic rings. The Bertz CT molecular complexity index is 862. The average molecular weight is 423 g/mol. The highest BCUT2D eigenvalue weighted by molar-refractivity contribution is 7.89. The first-order chi connectivity index (χ1) is 13.8. The quantitative estimate of drug-likeness (QED) is 0.681. The molecule has 1 aromatic carbocycles. The van der Waals surface area contributed by atoms with Gasteiger partial charge in [0.15, 0.2) is 0 Å². The molecule has 7 nitrogen and oxygen atoms in total. The summed E-state index contributed by atoms with van der Waals surface area (Å²) in [5, 5.41) is 0. The van der Waals surface area contributed by atoms with Crippen molar-refractivity contribution in [3.63, 3.8) is 0 Å². The number of carbonyl (C=O) groups is 2. The molecule has 2 aliphatic rings. The highest BCUT2D eigenvalue weighted by atomic mass is 32.2. The largest absolute Gasteiger partial charge is 0.465 e. The van der Waals surface area contributed by atoms with Crippen LogP contribution in [0.2, 0.25) is 0 Å². The van der Waals surface area contributed by atoms with Crippen LogP contribution in [0.5, 0.6) is 0 Å². The van der Waals surface area contributed by atoms with Gasteiger partial charge in [0.1, 0.15) is 0 Å². The second kappa shape index (κ2) is 8.83. The standard InChI is InChI=1S/C21H30N2O5S/c1-4-17-13-15(2)14-23(17)20(24)16-9-11-22(12-10-16)29(26,27)19-8-6-5-7-18(19)21(25)28-3/h5-8,15-17H,4,9-14H2,1-3H3/t15-,17-/m1/s1. The number of rotatable bonds is 5. The molecule has 2 aliphatic heterocycles. The molecule has 2 heterocycles. The number of sulfonamides is 1. The van der Waals surface area contributed by atoms with Crippen LogP contribution < -0.4 is 0 Å². The van der Waals surface area contributed by atoms with E-state index in [0.29, 0.717) is 24.8 Å². The Kier molecular flexibility index (Phi) is 6.63. The number of amides is 1.